The van der Waals surface area contributed by atoms with E-state index < -0.39 is 0 Å². The van der Waals surface area contributed by atoms with Crippen LogP contribution in [0.15, 0.2) is 18.3 Å². The number of likely N-dealkylation sites (tertiary alicyclic amines) is 1. The second-order valence-corrected chi connectivity index (χ2v) is 4.95. The number of carbonyl (C=O) groups is 1. The van der Waals surface area contributed by atoms with E-state index in [2.05, 4.69) is 9.88 Å². The summed E-state index contributed by atoms with van der Waals surface area (Å²) in [6.07, 6.45) is 4.35. The van der Waals surface area contributed by atoms with Crippen molar-refractivity contribution in [2.75, 3.05) is 20.3 Å². The molecule has 0 saturated carbocycles. The molecule has 1 saturated heterocycles. The van der Waals surface area contributed by atoms with Crippen molar-refractivity contribution in [2.24, 2.45) is 0 Å². The number of ether oxygens (including phenoxy) is 2. The molecule has 1 aliphatic rings. The van der Waals surface area contributed by atoms with Crippen molar-refractivity contribution in [2.45, 2.75) is 38.8 Å². The van der Waals surface area contributed by atoms with E-state index in [0.29, 0.717) is 18.9 Å². The van der Waals surface area contributed by atoms with Crippen LogP contribution in [0, 0.1) is 0 Å². The normalized spacial score (nSPS) is 19.0. The highest BCUT2D eigenvalue weighted by atomic mass is 16.5. The first kappa shape index (κ1) is 14.8. The molecule has 2 heterocycles. The predicted molar refractivity (Wildman–Crippen MR) is 75.5 cm³/mol. The Morgan fingerprint density at radius 3 is 3.15 bits per heavy atom. The van der Waals surface area contributed by atoms with Gasteiger partial charge in [-0.1, -0.05) is 6.07 Å². The van der Waals surface area contributed by atoms with E-state index in [4.69, 9.17) is 9.47 Å². The van der Waals surface area contributed by atoms with Crippen molar-refractivity contribution in [1.29, 1.82) is 0 Å². The molecule has 0 amide bonds. The number of nitrogens with zero attached hydrogens (tertiary/aromatic N) is 2. The molecular weight excluding hydrogens is 256 g/mol. The van der Waals surface area contributed by atoms with Crippen LogP contribution in [0.2, 0.25) is 0 Å². The summed E-state index contributed by atoms with van der Waals surface area (Å²) in [7, 11) is 1.63. The Labute approximate surface area is 119 Å². The lowest BCUT2D eigenvalue weighted by Crippen LogP contribution is -2.31. The molecule has 1 aromatic rings. The fourth-order valence-corrected chi connectivity index (χ4v) is 2.69. The van der Waals surface area contributed by atoms with E-state index in [1.165, 1.54) is 0 Å². The largest absolute Gasteiger partial charge is 0.481 e. The molecule has 110 valence electrons. The molecule has 5 heteroatoms. The smallest absolute Gasteiger partial charge is 0.307 e. The molecule has 1 fully saturated rings. The molecule has 0 spiro atoms. The SMILES string of the molecule is CCOC(=O)CC1CCCN1Cc1cccnc1OC. The van der Waals surface area contributed by atoms with Gasteiger partial charge >= 0.3 is 5.97 Å². The fraction of sp³-hybridized carbons (Fsp3) is 0.600. The summed E-state index contributed by atoms with van der Waals surface area (Å²) < 4.78 is 10.3. The van der Waals surface area contributed by atoms with E-state index in [9.17, 15) is 4.79 Å². The zero-order valence-corrected chi connectivity index (χ0v) is 12.2. The molecule has 1 unspecified atom stereocenters. The van der Waals surface area contributed by atoms with Crippen LogP contribution in [0.1, 0.15) is 31.7 Å². The van der Waals surface area contributed by atoms with Crippen LogP contribution in [-0.4, -0.2) is 42.2 Å². The number of rotatable bonds is 6. The minimum atomic E-state index is -0.109. The van der Waals surface area contributed by atoms with Crippen molar-refractivity contribution < 1.29 is 14.3 Å². The first-order chi connectivity index (χ1) is 9.74. The van der Waals surface area contributed by atoms with Gasteiger partial charge in [0.05, 0.1) is 20.1 Å². The molecule has 0 bridgehead atoms. The van der Waals surface area contributed by atoms with E-state index >= 15 is 0 Å². The number of hydrogen-bond donors (Lipinski definition) is 0. The summed E-state index contributed by atoms with van der Waals surface area (Å²) in [6, 6.07) is 4.19. The third kappa shape index (κ3) is 3.70. The topological polar surface area (TPSA) is 51.7 Å². The Kier molecular flexibility index (Phi) is 5.35. The molecule has 0 aliphatic carbocycles. The molecular formula is C15H22N2O3. The average molecular weight is 278 g/mol. The van der Waals surface area contributed by atoms with Gasteiger partial charge in [-0.2, -0.15) is 0 Å². The molecule has 0 radical (unpaired) electrons. The van der Waals surface area contributed by atoms with Crippen LogP contribution in [0.4, 0.5) is 0 Å². The monoisotopic (exact) mass is 278 g/mol. The van der Waals surface area contributed by atoms with Crippen molar-refractivity contribution in [3.63, 3.8) is 0 Å². The third-order valence-corrected chi connectivity index (χ3v) is 3.62. The Balaban J connectivity index is 1.98. The van der Waals surface area contributed by atoms with Gasteiger partial charge in [-0.15, -0.1) is 0 Å². The Morgan fingerprint density at radius 2 is 2.40 bits per heavy atom. The maximum Gasteiger partial charge on any atom is 0.307 e. The molecule has 2 rings (SSSR count). The van der Waals surface area contributed by atoms with Crippen molar-refractivity contribution in [3.8, 4) is 5.88 Å². The van der Waals surface area contributed by atoms with Gasteiger partial charge in [0.2, 0.25) is 5.88 Å². The summed E-state index contributed by atoms with van der Waals surface area (Å²) in [5, 5.41) is 0. The minimum Gasteiger partial charge on any atom is -0.481 e. The highest BCUT2D eigenvalue weighted by molar-refractivity contribution is 5.70. The molecule has 1 aromatic heterocycles. The number of aromatic nitrogens is 1. The Morgan fingerprint density at radius 1 is 1.55 bits per heavy atom. The summed E-state index contributed by atoms with van der Waals surface area (Å²) in [6.45, 7) is 4.05. The second kappa shape index (κ2) is 7.24. The van der Waals surface area contributed by atoms with Gasteiger partial charge in [-0.3, -0.25) is 9.69 Å². The average Bonchev–Trinajstić information content (AvgIpc) is 2.87. The van der Waals surface area contributed by atoms with Crippen LogP contribution < -0.4 is 4.74 Å². The number of pyridine rings is 1. The van der Waals surface area contributed by atoms with Gasteiger partial charge in [-0.05, 0) is 32.4 Å². The number of hydrogen-bond acceptors (Lipinski definition) is 5. The number of esters is 1. The quantitative estimate of drug-likeness (QED) is 0.745. The van der Waals surface area contributed by atoms with Gasteiger partial charge in [0, 0.05) is 24.3 Å². The Bertz CT molecular complexity index is 450. The van der Waals surface area contributed by atoms with Gasteiger partial charge in [0.15, 0.2) is 0 Å². The molecule has 5 nitrogen and oxygen atoms in total. The fourth-order valence-electron chi connectivity index (χ4n) is 2.69. The number of methoxy groups -OCH3 is 1. The number of carbonyl (C=O) groups excluding carboxylic acids is 1. The lowest BCUT2D eigenvalue weighted by Gasteiger charge is -2.24. The summed E-state index contributed by atoms with van der Waals surface area (Å²) in [4.78, 5) is 18.2. The van der Waals surface area contributed by atoms with Crippen molar-refractivity contribution in [1.82, 2.24) is 9.88 Å². The maximum absolute atomic E-state index is 11.6. The zero-order chi connectivity index (χ0) is 14.4. The van der Waals surface area contributed by atoms with Gasteiger partial charge in [0.25, 0.3) is 0 Å². The first-order valence-electron chi connectivity index (χ1n) is 7.12. The molecule has 1 atom stereocenters. The standard InChI is InChI=1S/C15H22N2O3/c1-3-20-14(18)10-13-7-5-9-17(13)11-12-6-4-8-16-15(12)19-2/h4,6,8,13H,3,5,7,9-11H2,1-2H3. The third-order valence-electron chi connectivity index (χ3n) is 3.62. The van der Waals surface area contributed by atoms with Crippen LogP contribution in [0.3, 0.4) is 0 Å². The molecule has 0 aromatic carbocycles. The van der Waals surface area contributed by atoms with E-state index in [1.807, 2.05) is 19.1 Å². The van der Waals surface area contributed by atoms with E-state index in [0.717, 1.165) is 31.5 Å². The van der Waals surface area contributed by atoms with Crippen LogP contribution in [0.5, 0.6) is 5.88 Å². The van der Waals surface area contributed by atoms with Crippen molar-refractivity contribution in [3.05, 3.63) is 23.9 Å². The lowest BCUT2D eigenvalue weighted by molar-refractivity contribution is -0.144. The van der Waals surface area contributed by atoms with E-state index in [1.54, 1.807) is 13.3 Å². The maximum atomic E-state index is 11.6. The molecule has 0 N–H and O–H groups in total. The minimum absolute atomic E-state index is 0.109. The van der Waals surface area contributed by atoms with Gasteiger partial charge < -0.3 is 9.47 Å². The summed E-state index contributed by atoms with van der Waals surface area (Å²) in [5.41, 5.74) is 1.06. The van der Waals surface area contributed by atoms with Gasteiger partial charge in [-0.25, -0.2) is 4.98 Å². The van der Waals surface area contributed by atoms with Crippen LogP contribution >= 0.6 is 0 Å². The molecule has 1 aliphatic heterocycles. The highest BCUT2D eigenvalue weighted by Gasteiger charge is 2.27. The van der Waals surface area contributed by atoms with Crippen molar-refractivity contribution >= 4 is 5.97 Å². The summed E-state index contributed by atoms with van der Waals surface area (Å²) >= 11 is 0. The predicted octanol–water partition coefficient (Wildman–Crippen LogP) is 2.01. The zero-order valence-electron chi connectivity index (χ0n) is 12.2. The summed E-state index contributed by atoms with van der Waals surface area (Å²) in [5.74, 6) is 0.553. The lowest BCUT2D eigenvalue weighted by atomic mass is 10.1. The first-order valence-corrected chi connectivity index (χ1v) is 7.12. The van der Waals surface area contributed by atoms with Gasteiger partial charge in [0.1, 0.15) is 0 Å². The second-order valence-electron chi connectivity index (χ2n) is 4.95. The van der Waals surface area contributed by atoms with Crippen LogP contribution in [-0.2, 0) is 16.1 Å². The van der Waals surface area contributed by atoms with E-state index in [-0.39, 0.29) is 12.0 Å². The molecule has 20 heavy (non-hydrogen) atoms. The Hall–Kier alpha value is -1.62. The highest BCUT2D eigenvalue weighted by Crippen LogP contribution is 2.25. The van der Waals surface area contributed by atoms with Crippen LogP contribution in [0.25, 0.3) is 0 Å².